The van der Waals surface area contributed by atoms with E-state index in [1.807, 2.05) is 0 Å². The van der Waals surface area contributed by atoms with E-state index in [9.17, 15) is 0 Å². The Hall–Kier alpha value is -1.30. The predicted octanol–water partition coefficient (Wildman–Crippen LogP) is 19.3. The molecule has 0 unspecified atom stereocenters. The lowest BCUT2D eigenvalue weighted by atomic mass is 9.50. The summed E-state index contributed by atoms with van der Waals surface area (Å²) < 4.78 is 0. The quantitative estimate of drug-likeness (QED) is 0.115. The molecule has 0 fully saturated rings. The average Bonchev–Trinajstić information content (AvgIpc) is 2.92. The SMILES string of the molecule is C=C(C)CC(C)(C)C(C)(C)CC(C)(C)C(C)(C)c1cc(C(C)(C)C(C)(C)CC(C)(C)C(C)(C)CC(=C)C)cc(C(C)(C)C(C)(C)CC(C)(C)C(C)(C)CC(C)(C)C)c1. The second-order valence-corrected chi connectivity index (χ2v) is 29.2. The monoisotopic (exact) mass is 803 g/mol. The zero-order chi connectivity index (χ0) is 46.8. The molecular formula is C58H106. The van der Waals surface area contributed by atoms with Gasteiger partial charge in [0, 0.05) is 0 Å². The Labute approximate surface area is 367 Å². The zero-order valence-corrected chi connectivity index (χ0v) is 45.4. The van der Waals surface area contributed by atoms with Crippen LogP contribution in [0.3, 0.4) is 0 Å². The molecule has 0 aliphatic carbocycles. The van der Waals surface area contributed by atoms with E-state index in [0.717, 1.165) is 32.1 Å². The molecule has 0 aliphatic heterocycles. The van der Waals surface area contributed by atoms with Crippen molar-refractivity contribution >= 4 is 0 Å². The van der Waals surface area contributed by atoms with Gasteiger partial charge in [0.2, 0.25) is 0 Å². The van der Waals surface area contributed by atoms with Crippen LogP contribution in [-0.4, -0.2) is 0 Å². The van der Waals surface area contributed by atoms with Crippen molar-refractivity contribution in [3.8, 4) is 0 Å². The molecule has 0 spiro atoms. The van der Waals surface area contributed by atoms with Crippen molar-refractivity contribution in [3.05, 3.63) is 59.2 Å². The van der Waals surface area contributed by atoms with Crippen molar-refractivity contribution in [1.82, 2.24) is 0 Å². The van der Waals surface area contributed by atoms with Crippen LogP contribution in [0.5, 0.6) is 0 Å². The Kier molecular flexibility index (Phi) is 15.5. The molecule has 0 amide bonds. The van der Waals surface area contributed by atoms with E-state index in [4.69, 9.17) is 0 Å². The fourth-order valence-corrected chi connectivity index (χ4v) is 11.1. The summed E-state index contributed by atoms with van der Waals surface area (Å²) in [5, 5.41) is 0. The lowest BCUT2D eigenvalue weighted by molar-refractivity contribution is -0.00225. The van der Waals surface area contributed by atoms with Gasteiger partial charge in [0.25, 0.3) is 0 Å². The maximum Gasteiger partial charge on any atom is -0.00520 e. The summed E-state index contributed by atoms with van der Waals surface area (Å²) in [6, 6.07) is 7.98. The largest absolute Gasteiger partial charge is 0.100 e. The van der Waals surface area contributed by atoms with Gasteiger partial charge in [0.15, 0.2) is 0 Å². The van der Waals surface area contributed by atoms with Gasteiger partial charge in [-0.15, -0.1) is 13.2 Å². The van der Waals surface area contributed by atoms with Crippen LogP contribution >= 0.6 is 0 Å². The Morgan fingerprint density at radius 1 is 0.310 bits per heavy atom. The highest BCUT2D eigenvalue weighted by Gasteiger charge is 2.52. The second-order valence-electron chi connectivity index (χ2n) is 29.2. The maximum absolute atomic E-state index is 4.35. The molecule has 1 aromatic rings. The molecule has 0 bridgehead atoms. The standard InChI is InChI=1S/C58H106/c1-41(2)35-47(8,9)50(14,15)38-53(20,21)56(26,27)43-32-44(57(28,29)54(22,23)39-51(16,17)48(10,11)36-42(3)4)34-45(33-43)58(30,31)55(24,25)40-52(18,19)49(12,13)37-46(5,6)7/h32-34H,1,3,35-40H2,2,4-31H3. The van der Waals surface area contributed by atoms with Gasteiger partial charge in [0.1, 0.15) is 0 Å². The third-order valence-corrected chi connectivity index (χ3v) is 18.8. The number of benzene rings is 1. The molecule has 0 nitrogen and oxygen atoms in total. The first-order chi connectivity index (χ1) is 25.0. The fraction of sp³-hybridized carbons (Fsp3) is 0.828. The second kappa shape index (κ2) is 16.4. The number of hydrogen-bond donors (Lipinski definition) is 0. The highest BCUT2D eigenvalue weighted by molar-refractivity contribution is 5.43. The smallest absolute Gasteiger partial charge is 0.00520 e. The van der Waals surface area contributed by atoms with E-state index in [0.29, 0.717) is 0 Å². The molecule has 0 radical (unpaired) electrons. The summed E-state index contributed by atoms with van der Waals surface area (Å²) >= 11 is 0. The van der Waals surface area contributed by atoms with Gasteiger partial charge in [-0.25, -0.2) is 0 Å². The van der Waals surface area contributed by atoms with Crippen molar-refractivity contribution in [2.75, 3.05) is 0 Å². The molecule has 58 heavy (non-hydrogen) atoms. The van der Waals surface area contributed by atoms with Crippen molar-refractivity contribution in [3.63, 3.8) is 0 Å². The third kappa shape index (κ3) is 11.6. The fourth-order valence-electron chi connectivity index (χ4n) is 11.1. The molecule has 0 aromatic heterocycles. The summed E-state index contributed by atoms with van der Waals surface area (Å²) in [7, 11) is 0. The minimum Gasteiger partial charge on any atom is -0.100 e. The Bertz CT molecular complexity index is 1500. The topological polar surface area (TPSA) is 0 Å². The van der Waals surface area contributed by atoms with E-state index < -0.39 is 0 Å². The molecule has 1 rings (SSSR count). The highest BCUT2D eigenvalue weighted by Crippen LogP contribution is 2.60. The first-order valence-corrected chi connectivity index (χ1v) is 23.4. The summed E-state index contributed by atoms with van der Waals surface area (Å²) in [6.07, 6.45) is 6.70. The Morgan fingerprint density at radius 3 is 0.690 bits per heavy atom. The van der Waals surface area contributed by atoms with E-state index in [1.54, 1.807) is 0 Å². The van der Waals surface area contributed by atoms with Crippen molar-refractivity contribution in [2.24, 2.45) is 54.1 Å². The summed E-state index contributed by atoms with van der Waals surface area (Å²) in [6.45, 7) is 81.0. The molecule has 338 valence electrons. The van der Waals surface area contributed by atoms with Crippen molar-refractivity contribution in [1.29, 1.82) is 0 Å². The molecule has 0 N–H and O–H groups in total. The molecule has 0 atom stereocenters. The number of hydrogen-bond acceptors (Lipinski definition) is 0. The molecule has 0 heteroatoms. The lowest BCUT2D eigenvalue weighted by Gasteiger charge is -2.54. The molecule has 1 aromatic carbocycles. The van der Waals surface area contributed by atoms with E-state index in [-0.39, 0.29) is 70.4 Å². The van der Waals surface area contributed by atoms with Crippen LogP contribution in [0.1, 0.15) is 256 Å². The van der Waals surface area contributed by atoms with E-state index >= 15 is 0 Å². The van der Waals surface area contributed by atoms with Crippen molar-refractivity contribution in [2.45, 2.75) is 256 Å². The molecule has 0 saturated heterocycles. The number of allylic oxidation sites excluding steroid dienone is 2. The maximum atomic E-state index is 4.35. The summed E-state index contributed by atoms with van der Waals surface area (Å²) in [5.74, 6) is 0. The van der Waals surface area contributed by atoms with E-state index in [2.05, 4.69) is 232 Å². The average molecular weight is 803 g/mol. The van der Waals surface area contributed by atoms with Crippen LogP contribution in [0, 0.1) is 54.1 Å². The summed E-state index contributed by atoms with van der Waals surface area (Å²) in [5.41, 5.74) is 7.94. The lowest BCUT2D eigenvalue weighted by Crippen LogP contribution is -2.47. The zero-order valence-electron chi connectivity index (χ0n) is 45.4. The van der Waals surface area contributed by atoms with Crippen LogP contribution in [0.4, 0.5) is 0 Å². The minimum atomic E-state index is -0.0918. The van der Waals surface area contributed by atoms with Gasteiger partial charge in [-0.05, 0) is 139 Å². The van der Waals surface area contributed by atoms with Gasteiger partial charge >= 0.3 is 0 Å². The van der Waals surface area contributed by atoms with Gasteiger partial charge in [0.05, 0.1) is 0 Å². The third-order valence-electron chi connectivity index (χ3n) is 18.8. The van der Waals surface area contributed by atoms with Crippen LogP contribution in [0.2, 0.25) is 0 Å². The van der Waals surface area contributed by atoms with Gasteiger partial charge in [-0.1, -0.05) is 216 Å². The Morgan fingerprint density at radius 2 is 0.500 bits per heavy atom. The molecule has 0 heterocycles. The van der Waals surface area contributed by atoms with Gasteiger partial charge in [-0.3, -0.25) is 0 Å². The van der Waals surface area contributed by atoms with E-state index in [1.165, 1.54) is 34.3 Å². The van der Waals surface area contributed by atoms with Gasteiger partial charge in [-0.2, -0.15) is 0 Å². The first-order valence-electron chi connectivity index (χ1n) is 23.4. The van der Waals surface area contributed by atoms with Gasteiger partial charge < -0.3 is 0 Å². The Balaban J connectivity index is 4.26. The minimum absolute atomic E-state index is 0.0194. The van der Waals surface area contributed by atoms with Crippen LogP contribution in [0.25, 0.3) is 0 Å². The predicted molar refractivity (Wildman–Crippen MR) is 266 cm³/mol. The van der Waals surface area contributed by atoms with Crippen molar-refractivity contribution < 1.29 is 0 Å². The van der Waals surface area contributed by atoms with Crippen LogP contribution < -0.4 is 0 Å². The molecule has 0 saturated carbocycles. The first kappa shape index (κ1) is 54.7. The van der Waals surface area contributed by atoms with Crippen LogP contribution in [0.15, 0.2) is 42.5 Å². The molecule has 0 aliphatic rings. The molecular weight excluding hydrogens is 697 g/mol. The normalized spacial score (nSPS) is 15.5. The summed E-state index contributed by atoms with van der Waals surface area (Å²) in [4.78, 5) is 0. The van der Waals surface area contributed by atoms with Crippen LogP contribution in [-0.2, 0) is 16.2 Å². The number of rotatable bonds is 20. The highest BCUT2D eigenvalue weighted by atomic mass is 14.6.